The maximum absolute atomic E-state index is 13.4. The van der Waals surface area contributed by atoms with Crippen LogP contribution in [0.5, 0.6) is 5.75 Å². The minimum Gasteiger partial charge on any atom is -0.491 e. The average molecular weight is 561 g/mol. The van der Waals surface area contributed by atoms with E-state index in [1.165, 1.54) is 25.7 Å². The van der Waals surface area contributed by atoms with Crippen molar-refractivity contribution in [3.8, 4) is 5.75 Å². The number of nitrogens with one attached hydrogen (secondary N) is 2. The molecule has 1 aromatic heterocycles. The Kier molecular flexibility index (Phi) is 7.79. The van der Waals surface area contributed by atoms with Crippen molar-refractivity contribution in [2.75, 3.05) is 28.8 Å². The topological polar surface area (TPSA) is 99.7 Å². The predicted octanol–water partition coefficient (Wildman–Crippen LogP) is 5.60. The number of carbonyl (C=O) groups is 2. The zero-order valence-electron chi connectivity index (χ0n) is 24.9. The lowest BCUT2D eigenvalue weighted by molar-refractivity contribution is -0.120. The number of fused-ring (bicyclic) bond motifs is 2. The highest BCUT2D eigenvalue weighted by Gasteiger charge is 2.41. The first-order valence-corrected chi connectivity index (χ1v) is 15.7. The Hall–Kier alpha value is -3.36. The number of benzene rings is 1. The molecular weight excluding hydrogens is 516 g/mol. The van der Waals surface area contributed by atoms with Crippen LogP contribution in [0.2, 0.25) is 0 Å². The molecule has 9 nitrogen and oxygen atoms in total. The van der Waals surface area contributed by atoms with Crippen LogP contribution in [0.4, 0.5) is 23.1 Å². The molecule has 3 heterocycles. The molecule has 0 spiro atoms. The maximum Gasteiger partial charge on any atom is 0.251 e. The van der Waals surface area contributed by atoms with E-state index in [9.17, 15) is 9.59 Å². The molecule has 1 aromatic carbocycles. The van der Waals surface area contributed by atoms with Crippen molar-refractivity contribution in [2.24, 2.45) is 11.8 Å². The normalized spacial score (nSPS) is 25.7. The summed E-state index contributed by atoms with van der Waals surface area (Å²) in [6, 6.07) is 4.12. The van der Waals surface area contributed by atoms with E-state index in [-0.39, 0.29) is 23.9 Å². The van der Waals surface area contributed by atoms with Crippen LogP contribution in [0, 0.1) is 11.8 Å². The van der Waals surface area contributed by atoms with Gasteiger partial charge in [-0.1, -0.05) is 46.5 Å². The number of amides is 2. The fourth-order valence-electron chi connectivity index (χ4n) is 7.66. The van der Waals surface area contributed by atoms with Crippen LogP contribution in [0.15, 0.2) is 18.3 Å². The Morgan fingerprint density at radius 2 is 1.98 bits per heavy atom. The molecular formula is C32H44N6O3. The lowest BCUT2D eigenvalue weighted by atomic mass is 9.94. The fourth-order valence-corrected chi connectivity index (χ4v) is 7.66. The molecule has 9 heteroatoms. The van der Waals surface area contributed by atoms with Crippen LogP contribution in [0.3, 0.4) is 0 Å². The second kappa shape index (κ2) is 11.5. The van der Waals surface area contributed by atoms with Crippen molar-refractivity contribution in [3.63, 3.8) is 0 Å². The number of hydrogen-bond acceptors (Lipinski definition) is 7. The number of hydrogen-bond donors (Lipinski definition) is 2. The fraction of sp³-hybridized carbons (Fsp3) is 0.625. The van der Waals surface area contributed by atoms with Gasteiger partial charge in [0.1, 0.15) is 17.5 Å². The summed E-state index contributed by atoms with van der Waals surface area (Å²) >= 11 is 0. The first kappa shape index (κ1) is 27.8. The second-order valence-electron chi connectivity index (χ2n) is 12.4. The molecule has 2 aliphatic heterocycles. The van der Waals surface area contributed by atoms with Crippen LogP contribution < -0.4 is 25.2 Å². The van der Waals surface area contributed by atoms with E-state index >= 15 is 0 Å². The predicted molar refractivity (Wildman–Crippen MR) is 161 cm³/mol. The summed E-state index contributed by atoms with van der Waals surface area (Å²) in [4.78, 5) is 40.1. The third kappa shape index (κ3) is 5.12. The molecule has 220 valence electrons. The average Bonchev–Trinajstić information content (AvgIpc) is 3.73. The number of ether oxygens (including phenoxy) is 1. The Balaban J connectivity index is 1.24. The number of carbonyl (C=O) groups excluding carboxylic acids is 2. The van der Waals surface area contributed by atoms with Crippen molar-refractivity contribution in [1.29, 1.82) is 0 Å². The molecule has 2 aliphatic carbocycles. The molecule has 0 saturated heterocycles. The molecule has 41 heavy (non-hydrogen) atoms. The highest BCUT2D eigenvalue weighted by Crippen LogP contribution is 2.42. The molecule has 2 saturated carbocycles. The molecule has 2 fully saturated rings. The molecule has 6 rings (SSSR count). The van der Waals surface area contributed by atoms with E-state index < -0.39 is 0 Å². The van der Waals surface area contributed by atoms with Gasteiger partial charge in [0, 0.05) is 36.7 Å². The van der Waals surface area contributed by atoms with Crippen molar-refractivity contribution in [1.82, 2.24) is 15.3 Å². The van der Waals surface area contributed by atoms with E-state index in [0.717, 1.165) is 54.9 Å². The number of likely N-dealkylation sites (N-methyl/N-ethyl adjacent to an activating group) is 1. The summed E-state index contributed by atoms with van der Waals surface area (Å²) in [7, 11) is 1.81. The van der Waals surface area contributed by atoms with Gasteiger partial charge in [0.05, 0.1) is 18.5 Å². The SMILES string of the molecule is CCCC1CC(NC(=O)c2ccc(Nc3ncc4c(n3)N(C3CCCC3)C(CC)C(=O)N4C)c3c2CCO3)CC1C. The Morgan fingerprint density at radius 1 is 1.17 bits per heavy atom. The zero-order chi connectivity index (χ0) is 28.7. The Morgan fingerprint density at radius 3 is 2.73 bits per heavy atom. The number of rotatable bonds is 8. The van der Waals surface area contributed by atoms with E-state index in [2.05, 4.69) is 41.3 Å². The largest absolute Gasteiger partial charge is 0.491 e. The van der Waals surface area contributed by atoms with Gasteiger partial charge in [-0.05, 0) is 56.1 Å². The minimum atomic E-state index is -0.219. The van der Waals surface area contributed by atoms with Crippen LogP contribution in [0.25, 0.3) is 0 Å². The van der Waals surface area contributed by atoms with Crippen LogP contribution in [-0.4, -0.2) is 53.6 Å². The number of anilines is 4. The van der Waals surface area contributed by atoms with Crippen molar-refractivity contribution in [3.05, 3.63) is 29.5 Å². The summed E-state index contributed by atoms with van der Waals surface area (Å²) in [6.07, 6.45) is 12.2. The standard InChI is InChI=1S/C32H44N6O3/c1-5-9-20-17-21(16-19(20)3)34-30(39)24-12-13-25(28-23(24)14-15-41-28)35-32-33-18-27-29(36-32)38(22-10-7-8-11-22)26(6-2)31(40)37(27)4/h12-13,18-22,26H,5-11,14-17H2,1-4H3,(H,34,39)(H,33,35,36). The summed E-state index contributed by atoms with van der Waals surface area (Å²) < 4.78 is 6.05. The van der Waals surface area contributed by atoms with E-state index in [4.69, 9.17) is 9.72 Å². The smallest absolute Gasteiger partial charge is 0.251 e. The summed E-state index contributed by atoms with van der Waals surface area (Å²) in [5, 5.41) is 6.70. The second-order valence-corrected chi connectivity index (χ2v) is 12.4. The highest BCUT2D eigenvalue weighted by atomic mass is 16.5. The minimum absolute atomic E-state index is 0.0109. The summed E-state index contributed by atoms with van der Waals surface area (Å²) in [5.74, 6) is 3.40. The summed E-state index contributed by atoms with van der Waals surface area (Å²) in [5.41, 5.74) is 3.13. The highest BCUT2D eigenvalue weighted by molar-refractivity contribution is 6.04. The van der Waals surface area contributed by atoms with Crippen LogP contribution in [0.1, 0.15) is 94.5 Å². The molecule has 4 atom stereocenters. The third-order valence-electron chi connectivity index (χ3n) is 9.81. The molecule has 0 bridgehead atoms. The molecule has 4 unspecified atom stereocenters. The lowest BCUT2D eigenvalue weighted by Crippen LogP contribution is -2.55. The van der Waals surface area contributed by atoms with Gasteiger partial charge in [0.25, 0.3) is 5.91 Å². The first-order chi connectivity index (χ1) is 19.9. The zero-order valence-corrected chi connectivity index (χ0v) is 24.9. The van der Waals surface area contributed by atoms with Crippen molar-refractivity contribution >= 4 is 35.0 Å². The Bertz CT molecular complexity index is 1310. The Labute approximate surface area is 243 Å². The van der Waals surface area contributed by atoms with E-state index in [0.29, 0.717) is 48.2 Å². The summed E-state index contributed by atoms with van der Waals surface area (Å²) in [6.45, 7) is 7.16. The van der Waals surface area contributed by atoms with Crippen LogP contribution in [-0.2, 0) is 11.2 Å². The first-order valence-electron chi connectivity index (χ1n) is 15.7. The quantitative estimate of drug-likeness (QED) is 0.433. The van der Waals surface area contributed by atoms with Crippen LogP contribution >= 0.6 is 0 Å². The van der Waals surface area contributed by atoms with Crippen molar-refractivity contribution in [2.45, 2.75) is 103 Å². The van der Waals surface area contributed by atoms with Gasteiger partial charge in [-0.2, -0.15) is 4.98 Å². The van der Waals surface area contributed by atoms with E-state index in [1.54, 1.807) is 11.1 Å². The van der Waals surface area contributed by atoms with Gasteiger partial charge in [-0.3, -0.25) is 9.59 Å². The lowest BCUT2D eigenvalue weighted by Gasteiger charge is -2.43. The third-order valence-corrected chi connectivity index (χ3v) is 9.81. The van der Waals surface area contributed by atoms with Gasteiger partial charge in [0.15, 0.2) is 5.82 Å². The van der Waals surface area contributed by atoms with Gasteiger partial charge in [-0.25, -0.2) is 4.98 Å². The van der Waals surface area contributed by atoms with Gasteiger partial charge in [-0.15, -0.1) is 0 Å². The maximum atomic E-state index is 13.4. The van der Waals surface area contributed by atoms with Gasteiger partial charge in [0.2, 0.25) is 11.9 Å². The van der Waals surface area contributed by atoms with Gasteiger partial charge < -0.3 is 25.2 Å². The van der Waals surface area contributed by atoms with Crippen molar-refractivity contribution < 1.29 is 14.3 Å². The van der Waals surface area contributed by atoms with Gasteiger partial charge >= 0.3 is 0 Å². The molecule has 2 aromatic rings. The molecule has 2 amide bonds. The molecule has 2 N–H and O–H groups in total. The number of aromatic nitrogens is 2. The van der Waals surface area contributed by atoms with E-state index in [1.807, 2.05) is 19.2 Å². The number of nitrogens with zero attached hydrogens (tertiary/aromatic N) is 4. The molecule has 4 aliphatic rings. The molecule has 0 radical (unpaired) electrons. The monoisotopic (exact) mass is 560 g/mol.